The van der Waals surface area contributed by atoms with Crippen LogP contribution in [0, 0.1) is 0 Å². The lowest BCUT2D eigenvalue weighted by Gasteiger charge is -2.05. The molecule has 0 N–H and O–H groups in total. The quantitative estimate of drug-likeness (QED) is 0.239. The predicted molar refractivity (Wildman–Crippen MR) is 109 cm³/mol. The van der Waals surface area contributed by atoms with Gasteiger partial charge in [-0.25, -0.2) is 0 Å². The molecule has 0 radical (unpaired) electrons. The molecule has 25 heavy (non-hydrogen) atoms. The van der Waals surface area contributed by atoms with Gasteiger partial charge in [0.05, 0.1) is 11.5 Å². The van der Waals surface area contributed by atoms with E-state index in [9.17, 15) is 8.42 Å². The predicted octanol–water partition coefficient (Wildman–Crippen LogP) is 5.18. The van der Waals surface area contributed by atoms with Gasteiger partial charge < -0.3 is 0 Å². The summed E-state index contributed by atoms with van der Waals surface area (Å²) in [6.45, 7) is 2.54. The van der Waals surface area contributed by atoms with Gasteiger partial charge in [-0.05, 0) is 18.6 Å². The lowest BCUT2D eigenvalue weighted by atomic mass is 10.1. The lowest BCUT2D eigenvalue weighted by Crippen LogP contribution is -2.07. The monoisotopic (exact) mass is 380 g/mol. The van der Waals surface area contributed by atoms with E-state index in [0.717, 1.165) is 12.8 Å². The molecule has 5 heteroatoms. The third kappa shape index (κ3) is 12.8. The highest BCUT2D eigenvalue weighted by atomic mass is 32.2. The highest BCUT2D eigenvalue weighted by Gasteiger charge is 2.13. The van der Waals surface area contributed by atoms with Gasteiger partial charge in [-0.15, -0.1) is 0 Å². The Kier molecular flexibility index (Phi) is 16.0. The van der Waals surface area contributed by atoms with Gasteiger partial charge in [-0.1, -0.05) is 95.8 Å². The molecule has 1 aromatic rings. The van der Waals surface area contributed by atoms with Crippen LogP contribution < -0.4 is 0 Å². The van der Waals surface area contributed by atoms with Crippen molar-refractivity contribution in [3.63, 3.8) is 0 Å². The Morgan fingerprint density at radius 1 is 0.720 bits per heavy atom. The van der Waals surface area contributed by atoms with Crippen LogP contribution in [0.25, 0.3) is 0 Å². The van der Waals surface area contributed by atoms with Crippen LogP contribution in [0.15, 0.2) is 35.2 Å². The molecule has 0 saturated carbocycles. The first-order chi connectivity index (χ1) is 11.7. The fourth-order valence-corrected chi connectivity index (χ4v) is 3.73. The van der Waals surface area contributed by atoms with E-state index in [1.807, 2.05) is 0 Å². The molecule has 1 aromatic carbocycles. The van der Waals surface area contributed by atoms with Crippen LogP contribution in [0.5, 0.6) is 0 Å². The van der Waals surface area contributed by atoms with Crippen molar-refractivity contribution in [3.05, 3.63) is 30.3 Å². The van der Waals surface area contributed by atoms with E-state index in [2.05, 4.69) is 6.92 Å². The zero-order valence-electron chi connectivity index (χ0n) is 15.2. The van der Waals surface area contributed by atoms with E-state index in [1.54, 1.807) is 30.3 Å². The van der Waals surface area contributed by atoms with Crippen molar-refractivity contribution in [2.24, 2.45) is 0 Å². The van der Waals surface area contributed by atoms with Crippen LogP contribution in [-0.2, 0) is 14.3 Å². The molecule has 0 aliphatic heterocycles. The summed E-state index contributed by atoms with van der Waals surface area (Å²) in [5, 5.41) is 0. The van der Waals surface area contributed by atoms with Crippen molar-refractivity contribution in [3.8, 4) is 0 Å². The van der Waals surface area contributed by atoms with E-state index in [1.165, 1.54) is 64.2 Å². The van der Waals surface area contributed by atoms with Gasteiger partial charge in [0.25, 0.3) is 10.1 Å². The molecule has 0 spiro atoms. The third-order valence-corrected chi connectivity index (χ3v) is 5.59. The van der Waals surface area contributed by atoms with Crippen LogP contribution >= 0.6 is 0 Å². The fraction of sp³-hybridized carbons (Fsp3) is 0.700. The average molecular weight is 381 g/mol. The Morgan fingerprint density at radius 3 is 1.64 bits per heavy atom. The largest absolute Gasteiger partial charge is 0.316 e. The molecule has 0 atom stereocenters. The highest BCUT2D eigenvalue weighted by Crippen LogP contribution is 2.14. The van der Waals surface area contributed by atoms with Crippen molar-refractivity contribution in [1.82, 2.24) is 0 Å². The number of unbranched alkanes of at least 4 members (excludes halogenated alkanes) is 11. The summed E-state index contributed by atoms with van der Waals surface area (Å²) < 4.78 is 28.9. The molecule has 0 fully saturated rings. The maximum Gasteiger partial charge on any atom is 0.316 e. The number of benzene rings is 1. The Morgan fingerprint density at radius 2 is 1.16 bits per heavy atom. The van der Waals surface area contributed by atoms with E-state index in [0.29, 0.717) is 0 Å². The summed E-state index contributed by atoms with van der Waals surface area (Å²) in [7, 11) is -3.57. The van der Waals surface area contributed by atoms with Gasteiger partial charge in [-0.2, -0.15) is 8.42 Å². The topological polar surface area (TPSA) is 43.4 Å². The highest BCUT2D eigenvalue weighted by molar-refractivity contribution is 7.86. The van der Waals surface area contributed by atoms with E-state index in [4.69, 9.17) is 4.18 Å². The number of rotatable bonds is 15. The Hall–Kier alpha value is -0.104. The normalized spacial score (nSPS) is 11.2. The molecule has 0 aliphatic carbocycles. The molecule has 0 saturated heterocycles. The maximum absolute atomic E-state index is 11.9. The van der Waals surface area contributed by atoms with Crippen LogP contribution in [-0.4, -0.2) is 38.1 Å². The molecule has 0 aromatic heterocycles. The first kappa shape index (κ1) is 24.9. The number of hydrogen-bond donors (Lipinski definition) is 0. The Bertz CT molecular complexity index is 503. The molecule has 142 valence electrons. The standard InChI is InChI=1S/C20H34O3S.Mg.2H/c1-2-3-4-5-6-7-8-9-10-11-12-16-19-23-24(21,22)20-17-14-13-15-18-20;;;/h13-15,17-18H,2-12,16,19H2,1H3;;;. The lowest BCUT2D eigenvalue weighted by molar-refractivity contribution is 0.306. The molecular weight excluding hydrogens is 345 g/mol. The van der Waals surface area contributed by atoms with Crippen molar-refractivity contribution < 1.29 is 12.6 Å². The smallest absolute Gasteiger partial charge is 0.266 e. The van der Waals surface area contributed by atoms with Gasteiger partial charge in [0.1, 0.15) is 0 Å². The minimum atomic E-state index is -3.57. The summed E-state index contributed by atoms with van der Waals surface area (Å²) in [5.74, 6) is 0. The van der Waals surface area contributed by atoms with Gasteiger partial charge in [-0.3, -0.25) is 4.18 Å². The third-order valence-electron chi connectivity index (χ3n) is 4.27. The zero-order chi connectivity index (χ0) is 17.5. The van der Waals surface area contributed by atoms with Crippen molar-refractivity contribution in [1.29, 1.82) is 0 Å². The van der Waals surface area contributed by atoms with Gasteiger partial charge in [0.2, 0.25) is 0 Å². The van der Waals surface area contributed by atoms with Crippen molar-refractivity contribution in [2.45, 2.75) is 88.9 Å². The molecule has 0 amide bonds. The average Bonchev–Trinajstić information content (AvgIpc) is 2.60. The SMILES string of the molecule is CCCCCCCCCCCCCCOS(=O)(=O)c1ccccc1.[MgH2]. The second-order valence-corrected chi connectivity index (χ2v) is 8.09. The first-order valence-corrected chi connectivity index (χ1v) is 11.0. The molecule has 0 unspecified atom stereocenters. The second-order valence-electron chi connectivity index (χ2n) is 6.48. The molecule has 0 bridgehead atoms. The second kappa shape index (κ2) is 16.1. The molecule has 1 rings (SSSR count). The van der Waals surface area contributed by atoms with Crippen molar-refractivity contribution in [2.75, 3.05) is 6.61 Å². The van der Waals surface area contributed by atoms with Crippen LogP contribution in [0.4, 0.5) is 0 Å². The maximum atomic E-state index is 11.9. The van der Waals surface area contributed by atoms with Crippen molar-refractivity contribution >= 4 is 33.2 Å². The molecule has 0 aliphatic rings. The van der Waals surface area contributed by atoms with Crippen LogP contribution in [0.1, 0.15) is 84.0 Å². The summed E-state index contributed by atoms with van der Waals surface area (Å²) in [4.78, 5) is 0.240. The number of hydrogen-bond acceptors (Lipinski definition) is 3. The molecule has 3 nitrogen and oxygen atoms in total. The van der Waals surface area contributed by atoms with Crippen LogP contribution in [0.2, 0.25) is 0 Å². The summed E-state index contributed by atoms with van der Waals surface area (Å²) in [6, 6.07) is 8.35. The van der Waals surface area contributed by atoms with Gasteiger partial charge in [0.15, 0.2) is 0 Å². The van der Waals surface area contributed by atoms with Crippen LogP contribution in [0.3, 0.4) is 0 Å². The Labute approximate surface area is 171 Å². The van der Waals surface area contributed by atoms with E-state index >= 15 is 0 Å². The summed E-state index contributed by atoms with van der Waals surface area (Å²) in [6.07, 6.45) is 15.1. The Balaban J connectivity index is 0.00000576. The van der Waals surface area contributed by atoms with Gasteiger partial charge in [0, 0.05) is 0 Å². The molecular formula is C20H36MgO3S. The molecule has 0 heterocycles. The summed E-state index contributed by atoms with van der Waals surface area (Å²) in [5.41, 5.74) is 0. The fourth-order valence-electron chi connectivity index (χ4n) is 2.77. The minimum absolute atomic E-state index is 0. The summed E-state index contributed by atoms with van der Waals surface area (Å²) >= 11 is 0. The zero-order valence-corrected chi connectivity index (χ0v) is 16.0. The van der Waals surface area contributed by atoms with Gasteiger partial charge >= 0.3 is 23.1 Å². The van der Waals surface area contributed by atoms with E-state index < -0.39 is 10.1 Å². The first-order valence-electron chi connectivity index (χ1n) is 9.61. The van der Waals surface area contributed by atoms with E-state index in [-0.39, 0.29) is 34.6 Å². The minimum Gasteiger partial charge on any atom is -0.266 e.